The summed E-state index contributed by atoms with van der Waals surface area (Å²) in [5.74, 6) is 0. The van der Waals surface area contributed by atoms with Gasteiger partial charge in [-0.1, -0.05) is 23.7 Å². The van der Waals surface area contributed by atoms with Crippen LogP contribution in [0.15, 0.2) is 40.2 Å². The predicted octanol–water partition coefficient (Wildman–Crippen LogP) is 4.45. The van der Waals surface area contributed by atoms with Crippen LogP contribution >= 0.6 is 38.9 Å². The number of rotatable bonds is 4. The summed E-state index contributed by atoms with van der Waals surface area (Å²) in [6, 6.07) is 9.99. The van der Waals surface area contributed by atoms with E-state index < -0.39 is 0 Å². The van der Waals surface area contributed by atoms with E-state index in [9.17, 15) is 0 Å². The molecular formula is C12H11BrClNS. The molecule has 1 aromatic carbocycles. The Morgan fingerprint density at radius 3 is 2.81 bits per heavy atom. The summed E-state index contributed by atoms with van der Waals surface area (Å²) < 4.78 is 1.18. The minimum Gasteiger partial charge on any atom is -0.308 e. The van der Waals surface area contributed by atoms with Crippen LogP contribution in [0.2, 0.25) is 5.02 Å². The molecule has 0 saturated carbocycles. The number of benzene rings is 1. The van der Waals surface area contributed by atoms with Crippen molar-refractivity contribution in [3.63, 3.8) is 0 Å². The number of nitrogens with one attached hydrogen (secondary N) is 1. The lowest BCUT2D eigenvalue weighted by Gasteiger charge is -2.04. The molecule has 2 rings (SSSR count). The predicted molar refractivity (Wildman–Crippen MR) is 74.0 cm³/mol. The molecule has 16 heavy (non-hydrogen) atoms. The first-order valence-electron chi connectivity index (χ1n) is 4.93. The number of hydrogen-bond acceptors (Lipinski definition) is 2. The van der Waals surface area contributed by atoms with Gasteiger partial charge in [0.15, 0.2) is 0 Å². The van der Waals surface area contributed by atoms with Gasteiger partial charge >= 0.3 is 0 Å². The van der Waals surface area contributed by atoms with E-state index in [0.717, 1.165) is 18.1 Å². The van der Waals surface area contributed by atoms with Gasteiger partial charge in [0.2, 0.25) is 0 Å². The molecular weight excluding hydrogens is 306 g/mol. The van der Waals surface area contributed by atoms with Gasteiger partial charge in [-0.3, -0.25) is 0 Å². The largest absolute Gasteiger partial charge is 0.308 e. The van der Waals surface area contributed by atoms with E-state index in [0.29, 0.717) is 0 Å². The summed E-state index contributed by atoms with van der Waals surface area (Å²) in [6.45, 7) is 1.72. The normalized spacial score (nSPS) is 10.6. The van der Waals surface area contributed by atoms with Gasteiger partial charge in [0, 0.05) is 27.5 Å². The minimum atomic E-state index is 0.789. The van der Waals surface area contributed by atoms with Gasteiger partial charge in [-0.2, -0.15) is 0 Å². The zero-order chi connectivity index (χ0) is 11.4. The Morgan fingerprint density at radius 1 is 1.25 bits per heavy atom. The molecule has 1 heterocycles. The molecule has 0 aliphatic heterocycles. The van der Waals surface area contributed by atoms with Crippen molar-refractivity contribution in [3.8, 4) is 0 Å². The zero-order valence-electron chi connectivity index (χ0n) is 8.54. The van der Waals surface area contributed by atoms with Crippen LogP contribution in [0.25, 0.3) is 0 Å². The maximum Gasteiger partial charge on any atom is 0.0409 e. The standard InChI is InChI=1S/C12H11BrClNS/c13-11-4-5-16-12(11)8-15-7-9-2-1-3-10(14)6-9/h1-6,15H,7-8H2. The molecule has 0 radical (unpaired) electrons. The van der Waals surface area contributed by atoms with Crippen LogP contribution in [0.5, 0.6) is 0 Å². The Morgan fingerprint density at radius 2 is 2.12 bits per heavy atom. The number of halogens is 2. The molecule has 84 valence electrons. The first-order valence-corrected chi connectivity index (χ1v) is 6.98. The molecule has 2 aromatic rings. The van der Waals surface area contributed by atoms with Gasteiger partial charge in [-0.25, -0.2) is 0 Å². The highest BCUT2D eigenvalue weighted by molar-refractivity contribution is 9.10. The lowest BCUT2D eigenvalue weighted by molar-refractivity contribution is 0.699. The highest BCUT2D eigenvalue weighted by atomic mass is 79.9. The van der Waals surface area contributed by atoms with Crippen molar-refractivity contribution < 1.29 is 0 Å². The Balaban J connectivity index is 1.87. The van der Waals surface area contributed by atoms with Gasteiger partial charge in [0.1, 0.15) is 0 Å². The summed E-state index contributed by atoms with van der Waals surface area (Å²) in [6.07, 6.45) is 0. The third-order valence-corrected chi connectivity index (χ3v) is 4.36. The summed E-state index contributed by atoms with van der Waals surface area (Å²) >= 11 is 11.2. The molecule has 0 aliphatic carbocycles. The molecule has 4 heteroatoms. The van der Waals surface area contributed by atoms with Gasteiger partial charge in [-0.15, -0.1) is 11.3 Å². The average Bonchev–Trinajstić information content (AvgIpc) is 2.65. The molecule has 0 atom stereocenters. The molecule has 0 spiro atoms. The fourth-order valence-electron chi connectivity index (χ4n) is 1.42. The van der Waals surface area contributed by atoms with Gasteiger partial charge in [-0.05, 0) is 45.1 Å². The molecule has 0 bridgehead atoms. The van der Waals surface area contributed by atoms with E-state index in [1.54, 1.807) is 11.3 Å². The monoisotopic (exact) mass is 315 g/mol. The molecule has 1 nitrogen and oxygen atoms in total. The Labute approximate surface area is 113 Å². The topological polar surface area (TPSA) is 12.0 Å². The van der Waals surface area contributed by atoms with Crippen LogP contribution in [0.1, 0.15) is 10.4 Å². The summed E-state index contributed by atoms with van der Waals surface area (Å²) in [5, 5.41) is 6.27. The third kappa shape index (κ3) is 3.32. The van der Waals surface area contributed by atoms with Crippen molar-refractivity contribution in [2.75, 3.05) is 0 Å². The smallest absolute Gasteiger partial charge is 0.0409 e. The average molecular weight is 317 g/mol. The molecule has 0 saturated heterocycles. The van der Waals surface area contributed by atoms with Crippen molar-refractivity contribution in [2.24, 2.45) is 0 Å². The van der Waals surface area contributed by atoms with Gasteiger partial charge < -0.3 is 5.32 Å². The van der Waals surface area contributed by atoms with Crippen LogP contribution in [-0.4, -0.2) is 0 Å². The fourth-order valence-corrected chi connectivity index (χ4v) is 3.09. The van der Waals surface area contributed by atoms with Crippen LogP contribution in [0.4, 0.5) is 0 Å². The Kier molecular flexibility index (Phi) is 4.41. The van der Waals surface area contributed by atoms with E-state index in [-0.39, 0.29) is 0 Å². The Bertz CT molecular complexity index is 470. The summed E-state index contributed by atoms with van der Waals surface area (Å²) in [7, 11) is 0. The molecule has 0 fully saturated rings. The molecule has 0 amide bonds. The van der Waals surface area contributed by atoms with Crippen molar-refractivity contribution in [2.45, 2.75) is 13.1 Å². The van der Waals surface area contributed by atoms with E-state index in [1.807, 2.05) is 18.2 Å². The quantitative estimate of drug-likeness (QED) is 0.878. The van der Waals surface area contributed by atoms with Crippen molar-refractivity contribution in [1.82, 2.24) is 5.32 Å². The van der Waals surface area contributed by atoms with Crippen LogP contribution in [0, 0.1) is 0 Å². The Hall–Kier alpha value is -0.350. The maximum atomic E-state index is 5.92. The van der Waals surface area contributed by atoms with E-state index in [2.05, 4.69) is 38.8 Å². The lowest BCUT2D eigenvalue weighted by Crippen LogP contribution is -2.11. The number of thiophene rings is 1. The molecule has 1 N–H and O–H groups in total. The minimum absolute atomic E-state index is 0.789. The summed E-state index contributed by atoms with van der Waals surface area (Å²) in [4.78, 5) is 1.32. The highest BCUT2D eigenvalue weighted by Crippen LogP contribution is 2.22. The fraction of sp³-hybridized carbons (Fsp3) is 0.167. The maximum absolute atomic E-state index is 5.92. The van der Waals surface area contributed by atoms with E-state index >= 15 is 0 Å². The molecule has 1 aromatic heterocycles. The SMILES string of the molecule is Clc1cccc(CNCc2sccc2Br)c1. The van der Waals surface area contributed by atoms with Crippen LogP contribution in [0.3, 0.4) is 0 Å². The van der Waals surface area contributed by atoms with Crippen LogP contribution in [-0.2, 0) is 13.1 Å². The van der Waals surface area contributed by atoms with Crippen molar-refractivity contribution in [1.29, 1.82) is 0 Å². The lowest BCUT2D eigenvalue weighted by atomic mass is 10.2. The molecule has 0 unspecified atom stereocenters. The number of hydrogen-bond donors (Lipinski definition) is 1. The first kappa shape index (κ1) is 12.1. The van der Waals surface area contributed by atoms with E-state index in [4.69, 9.17) is 11.6 Å². The highest BCUT2D eigenvalue weighted by Gasteiger charge is 2.00. The second kappa shape index (κ2) is 5.82. The molecule has 0 aliphatic rings. The first-order chi connectivity index (χ1) is 7.75. The summed E-state index contributed by atoms with van der Waals surface area (Å²) in [5.41, 5.74) is 1.21. The second-order valence-electron chi connectivity index (χ2n) is 3.43. The third-order valence-electron chi connectivity index (χ3n) is 2.19. The van der Waals surface area contributed by atoms with Gasteiger partial charge in [0.05, 0.1) is 0 Å². The zero-order valence-corrected chi connectivity index (χ0v) is 11.7. The van der Waals surface area contributed by atoms with E-state index in [1.165, 1.54) is 14.9 Å². The van der Waals surface area contributed by atoms with Crippen molar-refractivity contribution in [3.05, 3.63) is 55.6 Å². The van der Waals surface area contributed by atoms with Crippen LogP contribution < -0.4 is 5.32 Å². The van der Waals surface area contributed by atoms with Crippen molar-refractivity contribution >= 4 is 38.9 Å². The second-order valence-corrected chi connectivity index (χ2v) is 5.72. The van der Waals surface area contributed by atoms with Gasteiger partial charge in [0.25, 0.3) is 0 Å².